The normalized spacial score (nSPS) is 14.8. The quantitative estimate of drug-likeness (QED) is 0.890. The van der Waals surface area contributed by atoms with Gasteiger partial charge < -0.3 is 5.32 Å². The molecule has 2 N–H and O–H groups in total. The van der Waals surface area contributed by atoms with Crippen LogP contribution in [0, 0.1) is 0 Å². The minimum absolute atomic E-state index is 0.00770. The molecule has 1 aromatic rings. The lowest BCUT2D eigenvalue weighted by molar-refractivity contribution is -0.124. The zero-order valence-electron chi connectivity index (χ0n) is 12.3. The van der Waals surface area contributed by atoms with E-state index in [1.807, 2.05) is 58.9 Å². The summed E-state index contributed by atoms with van der Waals surface area (Å²) in [6.07, 6.45) is 0. The predicted molar refractivity (Wildman–Crippen MR) is 80.4 cm³/mol. The van der Waals surface area contributed by atoms with Crippen LogP contribution in [-0.2, 0) is 4.79 Å². The summed E-state index contributed by atoms with van der Waals surface area (Å²) in [7, 11) is 0. The standard InChI is InChI=1S/C15H23ClN2O/c1-10(12-6-8-13(16)9-7-12)17-11(2)14(19)18-15(3,4)5/h6-11,17H,1-5H3,(H,18,19). The fourth-order valence-electron chi connectivity index (χ4n) is 1.78. The molecule has 0 bridgehead atoms. The van der Waals surface area contributed by atoms with E-state index in [0.29, 0.717) is 0 Å². The van der Waals surface area contributed by atoms with Crippen LogP contribution in [0.3, 0.4) is 0 Å². The number of carbonyl (C=O) groups excluding carboxylic acids is 1. The molecule has 0 aliphatic heterocycles. The van der Waals surface area contributed by atoms with Crippen molar-refractivity contribution in [2.75, 3.05) is 0 Å². The van der Waals surface area contributed by atoms with E-state index < -0.39 is 0 Å². The van der Waals surface area contributed by atoms with Gasteiger partial charge in [0.15, 0.2) is 0 Å². The van der Waals surface area contributed by atoms with Crippen LogP contribution in [0.4, 0.5) is 0 Å². The lowest BCUT2D eigenvalue weighted by Crippen LogP contribution is -2.49. The molecule has 1 amide bonds. The fraction of sp³-hybridized carbons (Fsp3) is 0.533. The molecule has 0 spiro atoms. The summed E-state index contributed by atoms with van der Waals surface area (Å²) < 4.78 is 0. The Morgan fingerprint density at radius 1 is 1.16 bits per heavy atom. The van der Waals surface area contributed by atoms with Gasteiger partial charge in [-0.1, -0.05) is 23.7 Å². The molecule has 1 aromatic carbocycles. The van der Waals surface area contributed by atoms with Crippen molar-refractivity contribution >= 4 is 17.5 Å². The zero-order chi connectivity index (χ0) is 14.6. The Bertz CT molecular complexity index is 423. The van der Waals surface area contributed by atoms with E-state index in [9.17, 15) is 4.79 Å². The molecule has 0 aliphatic rings. The van der Waals surface area contributed by atoms with Crippen molar-refractivity contribution in [3.8, 4) is 0 Å². The van der Waals surface area contributed by atoms with Crippen LogP contribution in [0.25, 0.3) is 0 Å². The molecule has 106 valence electrons. The van der Waals surface area contributed by atoms with Crippen LogP contribution in [-0.4, -0.2) is 17.5 Å². The van der Waals surface area contributed by atoms with Gasteiger partial charge in [-0.05, 0) is 52.3 Å². The Labute approximate surface area is 120 Å². The second-order valence-corrected chi connectivity index (χ2v) is 6.34. The monoisotopic (exact) mass is 282 g/mol. The number of halogens is 1. The van der Waals surface area contributed by atoms with Gasteiger partial charge in [-0.2, -0.15) is 0 Å². The van der Waals surface area contributed by atoms with Crippen LogP contribution in [0.2, 0.25) is 5.02 Å². The summed E-state index contributed by atoms with van der Waals surface area (Å²) in [6, 6.07) is 7.50. The Balaban J connectivity index is 2.59. The number of carbonyl (C=O) groups is 1. The molecule has 0 aromatic heterocycles. The van der Waals surface area contributed by atoms with Crippen LogP contribution in [0.1, 0.15) is 46.2 Å². The molecule has 0 radical (unpaired) electrons. The van der Waals surface area contributed by atoms with Crippen molar-refractivity contribution in [1.82, 2.24) is 10.6 Å². The highest BCUT2D eigenvalue weighted by Crippen LogP contribution is 2.16. The molecular formula is C15H23ClN2O. The first-order valence-electron chi connectivity index (χ1n) is 6.52. The van der Waals surface area contributed by atoms with Crippen LogP contribution in [0.15, 0.2) is 24.3 Å². The molecule has 2 atom stereocenters. The van der Waals surface area contributed by atoms with E-state index in [1.54, 1.807) is 0 Å². The van der Waals surface area contributed by atoms with E-state index >= 15 is 0 Å². The number of rotatable bonds is 4. The molecule has 0 heterocycles. The average Bonchev–Trinajstić information content (AvgIpc) is 2.27. The van der Waals surface area contributed by atoms with E-state index in [0.717, 1.165) is 10.6 Å². The highest BCUT2D eigenvalue weighted by atomic mass is 35.5. The molecule has 4 heteroatoms. The van der Waals surface area contributed by atoms with Gasteiger partial charge in [-0.15, -0.1) is 0 Å². The molecule has 0 aliphatic carbocycles. The van der Waals surface area contributed by atoms with E-state index in [1.165, 1.54) is 0 Å². The van der Waals surface area contributed by atoms with Gasteiger partial charge in [0.25, 0.3) is 0 Å². The Hall–Kier alpha value is -1.06. The van der Waals surface area contributed by atoms with Crippen LogP contribution in [0.5, 0.6) is 0 Å². The van der Waals surface area contributed by atoms with E-state index in [-0.39, 0.29) is 23.5 Å². The van der Waals surface area contributed by atoms with Crippen LogP contribution >= 0.6 is 11.6 Å². The number of hydrogen-bond donors (Lipinski definition) is 2. The molecule has 0 fully saturated rings. The SMILES string of the molecule is CC(NC(C)c1ccc(Cl)cc1)C(=O)NC(C)(C)C. The summed E-state index contributed by atoms with van der Waals surface area (Å²) in [5.74, 6) is 0.00770. The maximum atomic E-state index is 12.0. The second kappa shape index (κ2) is 6.40. The molecule has 3 nitrogen and oxygen atoms in total. The van der Waals surface area contributed by atoms with Crippen LogP contribution < -0.4 is 10.6 Å². The van der Waals surface area contributed by atoms with Gasteiger partial charge in [-0.25, -0.2) is 0 Å². The van der Waals surface area contributed by atoms with Crippen molar-refractivity contribution in [3.05, 3.63) is 34.9 Å². The molecule has 0 saturated heterocycles. The summed E-state index contributed by atoms with van der Waals surface area (Å²) in [6.45, 7) is 9.82. The first kappa shape index (κ1) is 16.0. The maximum absolute atomic E-state index is 12.0. The Morgan fingerprint density at radius 2 is 1.68 bits per heavy atom. The summed E-state index contributed by atoms with van der Waals surface area (Å²) >= 11 is 5.86. The second-order valence-electron chi connectivity index (χ2n) is 5.90. The molecule has 19 heavy (non-hydrogen) atoms. The van der Waals surface area contributed by atoms with Gasteiger partial charge in [-0.3, -0.25) is 10.1 Å². The first-order valence-corrected chi connectivity index (χ1v) is 6.90. The smallest absolute Gasteiger partial charge is 0.237 e. The van der Waals surface area contributed by atoms with E-state index in [2.05, 4.69) is 10.6 Å². The van der Waals surface area contributed by atoms with Crippen molar-refractivity contribution < 1.29 is 4.79 Å². The lowest BCUT2D eigenvalue weighted by atomic mass is 10.1. The van der Waals surface area contributed by atoms with Crippen molar-refractivity contribution in [1.29, 1.82) is 0 Å². The zero-order valence-corrected chi connectivity index (χ0v) is 13.0. The van der Waals surface area contributed by atoms with Crippen molar-refractivity contribution in [2.45, 2.75) is 52.2 Å². The third kappa shape index (κ3) is 5.62. The molecule has 1 rings (SSSR count). The average molecular weight is 283 g/mol. The van der Waals surface area contributed by atoms with Gasteiger partial charge in [0.2, 0.25) is 5.91 Å². The van der Waals surface area contributed by atoms with Gasteiger partial charge in [0.1, 0.15) is 0 Å². The van der Waals surface area contributed by atoms with Crippen molar-refractivity contribution in [3.63, 3.8) is 0 Å². The minimum Gasteiger partial charge on any atom is -0.350 e. The van der Waals surface area contributed by atoms with E-state index in [4.69, 9.17) is 11.6 Å². The first-order chi connectivity index (χ1) is 8.69. The Kier molecular flexibility index (Phi) is 5.39. The Morgan fingerprint density at radius 3 is 2.16 bits per heavy atom. The molecule has 0 saturated carbocycles. The lowest BCUT2D eigenvalue weighted by Gasteiger charge is -2.25. The predicted octanol–water partition coefficient (Wildman–Crippen LogP) is 3.29. The summed E-state index contributed by atoms with van der Waals surface area (Å²) in [5.41, 5.74) is 0.899. The fourth-order valence-corrected chi connectivity index (χ4v) is 1.90. The van der Waals surface area contributed by atoms with Gasteiger partial charge in [0.05, 0.1) is 6.04 Å². The highest BCUT2D eigenvalue weighted by molar-refractivity contribution is 6.30. The largest absolute Gasteiger partial charge is 0.350 e. The molecule has 2 unspecified atom stereocenters. The maximum Gasteiger partial charge on any atom is 0.237 e. The summed E-state index contributed by atoms with van der Waals surface area (Å²) in [5, 5.41) is 6.96. The number of nitrogens with one attached hydrogen (secondary N) is 2. The highest BCUT2D eigenvalue weighted by Gasteiger charge is 2.20. The third-order valence-corrected chi connectivity index (χ3v) is 3.01. The summed E-state index contributed by atoms with van der Waals surface area (Å²) in [4.78, 5) is 12.0. The van der Waals surface area contributed by atoms with Gasteiger partial charge in [0, 0.05) is 16.6 Å². The number of amides is 1. The number of benzene rings is 1. The molecular weight excluding hydrogens is 260 g/mol. The number of hydrogen-bond acceptors (Lipinski definition) is 2. The minimum atomic E-state index is -0.245. The van der Waals surface area contributed by atoms with Crippen molar-refractivity contribution in [2.24, 2.45) is 0 Å². The van der Waals surface area contributed by atoms with Gasteiger partial charge >= 0.3 is 0 Å². The third-order valence-electron chi connectivity index (χ3n) is 2.76. The topological polar surface area (TPSA) is 41.1 Å².